The number of benzene rings is 1. The van der Waals surface area contributed by atoms with Crippen LogP contribution in [-0.4, -0.2) is 19.8 Å². The molecule has 0 aliphatic rings. The van der Waals surface area contributed by atoms with E-state index in [-0.39, 0.29) is 6.10 Å². The van der Waals surface area contributed by atoms with E-state index in [0.717, 1.165) is 23.4 Å². The first-order chi connectivity index (χ1) is 8.45. The highest BCUT2D eigenvalue weighted by Crippen LogP contribution is 2.31. The molecule has 1 atom stereocenters. The highest BCUT2D eigenvalue weighted by atomic mass is 16.5. The Bertz CT molecular complexity index is 388. The van der Waals surface area contributed by atoms with Gasteiger partial charge in [-0.2, -0.15) is 0 Å². The van der Waals surface area contributed by atoms with Crippen molar-refractivity contribution in [1.29, 1.82) is 0 Å². The van der Waals surface area contributed by atoms with Gasteiger partial charge >= 0.3 is 0 Å². The summed E-state index contributed by atoms with van der Waals surface area (Å²) >= 11 is 0. The molecule has 0 saturated heterocycles. The minimum absolute atomic E-state index is 0.144. The summed E-state index contributed by atoms with van der Waals surface area (Å²) in [7, 11) is 1.71. The number of aryl methyl sites for hydroxylation is 1. The molecule has 18 heavy (non-hydrogen) atoms. The van der Waals surface area contributed by atoms with Gasteiger partial charge in [0, 0.05) is 25.8 Å². The van der Waals surface area contributed by atoms with Gasteiger partial charge in [-0.05, 0) is 43.0 Å². The highest BCUT2D eigenvalue weighted by molar-refractivity contribution is 5.55. The van der Waals surface area contributed by atoms with Crippen LogP contribution in [0.25, 0.3) is 0 Å². The van der Waals surface area contributed by atoms with Crippen molar-refractivity contribution in [3.8, 4) is 5.75 Å². The third kappa shape index (κ3) is 3.91. The lowest BCUT2D eigenvalue weighted by atomic mass is 9.99. The second kappa shape index (κ2) is 6.64. The molecule has 1 unspecified atom stereocenters. The van der Waals surface area contributed by atoms with E-state index in [0.29, 0.717) is 12.5 Å². The van der Waals surface area contributed by atoms with Gasteiger partial charge in [0.05, 0.1) is 6.10 Å². The van der Waals surface area contributed by atoms with Gasteiger partial charge in [-0.25, -0.2) is 0 Å². The number of nitrogens with two attached hydrogens (primary N) is 1. The fourth-order valence-corrected chi connectivity index (χ4v) is 1.83. The molecule has 1 rings (SSSR count). The van der Waals surface area contributed by atoms with Crippen LogP contribution in [0.15, 0.2) is 12.1 Å². The summed E-state index contributed by atoms with van der Waals surface area (Å²) in [6.45, 7) is 9.08. The van der Waals surface area contributed by atoms with Crippen molar-refractivity contribution in [3.63, 3.8) is 0 Å². The van der Waals surface area contributed by atoms with Crippen molar-refractivity contribution in [1.82, 2.24) is 0 Å². The van der Waals surface area contributed by atoms with Crippen LogP contribution in [0.3, 0.4) is 0 Å². The SMILES string of the molecule is COCCC(C)Oc1cc(C)c(N)cc1C(C)C. The first-order valence-electron chi connectivity index (χ1n) is 6.51. The molecule has 0 aliphatic heterocycles. The fraction of sp³-hybridized carbons (Fsp3) is 0.600. The lowest BCUT2D eigenvalue weighted by Gasteiger charge is -2.20. The van der Waals surface area contributed by atoms with E-state index in [1.165, 1.54) is 5.56 Å². The van der Waals surface area contributed by atoms with Crippen molar-refractivity contribution in [3.05, 3.63) is 23.3 Å². The molecule has 1 aromatic carbocycles. The molecule has 0 amide bonds. The molecule has 2 N–H and O–H groups in total. The first-order valence-corrected chi connectivity index (χ1v) is 6.51. The average Bonchev–Trinajstić information content (AvgIpc) is 2.30. The zero-order valence-electron chi connectivity index (χ0n) is 12.1. The number of nitrogen functional groups attached to an aromatic ring is 1. The smallest absolute Gasteiger partial charge is 0.123 e. The minimum Gasteiger partial charge on any atom is -0.490 e. The molecule has 3 heteroatoms. The summed E-state index contributed by atoms with van der Waals surface area (Å²) in [6, 6.07) is 4.06. The molecule has 0 bridgehead atoms. The van der Waals surface area contributed by atoms with Gasteiger partial charge in [0.1, 0.15) is 5.75 Å². The van der Waals surface area contributed by atoms with Gasteiger partial charge in [-0.15, -0.1) is 0 Å². The molecule has 0 heterocycles. The van der Waals surface area contributed by atoms with Gasteiger partial charge in [0.25, 0.3) is 0 Å². The second-order valence-electron chi connectivity index (χ2n) is 5.11. The van der Waals surface area contributed by atoms with E-state index < -0.39 is 0 Å². The van der Waals surface area contributed by atoms with E-state index in [1.807, 2.05) is 19.1 Å². The first kappa shape index (κ1) is 14.8. The fourth-order valence-electron chi connectivity index (χ4n) is 1.83. The molecular weight excluding hydrogens is 226 g/mol. The molecule has 1 aromatic rings. The van der Waals surface area contributed by atoms with Crippen molar-refractivity contribution in [2.45, 2.75) is 46.1 Å². The Labute approximate surface area is 110 Å². The Balaban J connectivity index is 2.89. The van der Waals surface area contributed by atoms with E-state index in [1.54, 1.807) is 7.11 Å². The Morgan fingerprint density at radius 1 is 1.22 bits per heavy atom. The molecule has 0 saturated carbocycles. The topological polar surface area (TPSA) is 44.5 Å². The summed E-state index contributed by atoms with van der Waals surface area (Å²) in [5.41, 5.74) is 9.02. The molecule has 0 fully saturated rings. The van der Waals surface area contributed by atoms with Crippen LogP contribution in [0.5, 0.6) is 5.75 Å². The van der Waals surface area contributed by atoms with Crippen LogP contribution in [0, 0.1) is 6.92 Å². The Morgan fingerprint density at radius 2 is 1.89 bits per heavy atom. The lowest BCUT2D eigenvalue weighted by Crippen LogP contribution is -2.15. The van der Waals surface area contributed by atoms with Crippen molar-refractivity contribution in [2.24, 2.45) is 0 Å². The van der Waals surface area contributed by atoms with Crippen LogP contribution < -0.4 is 10.5 Å². The molecule has 0 radical (unpaired) electrons. The van der Waals surface area contributed by atoms with E-state index in [9.17, 15) is 0 Å². The molecular formula is C15H25NO2. The molecule has 3 nitrogen and oxygen atoms in total. The van der Waals surface area contributed by atoms with Gasteiger partial charge < -0.3 is 15.2 Å². The number of anilines is 1. The van der Waals surface area contributed by atoms with Crippen molar-refractivity contribution >= 4 is 5.69 Å². The zero-order valence-corrected chi connectivity index (χ0v) is 12.1. The Kier molecular flexibility index (Phi) is 5.48. The van der Waals surface area contributed by atoms with Crippen LogP contribution >= 0.6 is 0 Å². The third-order valence-corrected chi connectivity index (χ3v) is 3.08. The van der Waals surface area contributed by atoms with Crippen LogP contribution in [0.4, 0.5) is 5.69 Å². The molecule has 0 aliphatic carbocycles. The number of hydrogen-bond acceptors (Lipinski definition) is 3. The van der Waals surface area contributed by atoms with Crippen LogP contribution in [0.1, 0.15) is 44.2 Å². The lowest BCUT2D eigenvalue weighted by molar-refractivity contribution is 0.134. The quantitative estimate of drug-likeness (QED) is 0.787. The minimum atomic E-state index is 0.144. The predicted molar refractivity (Wildman–Crippen MR) is 76.3 cm³/mol. The third-order valence-electron chi connectivity index (χ3n) is 3.08. The Morgan fingerprint density at radius 3 is 2.44 bits per heavy atom. The van der Waals surface area contributed by atoms with E-state index in [4.69, 9.17) is 15.2 Å². The number of rotatable bonds is 6. The zero-order chi connectivity index (χ0) is 13.7. The molecule has 0 spiro atoms. The van der Waals surface area contributed by atoms with Crippen molar-refractivity contribution < 1.29 is 9.47 Å². The van der Waals surface area contributed by atoms with Crippen molar-refractivity contribution in [2.75, 3.05) is 19.5 Å². The van der Waals surface area contributed by atoms with Crippen LogP contribution in [0.2, 0.25) is 0 Å². The second-order valence-corrected chi connectivity index (χ2v) is 5.11. The van der Waals surface area contributed by atoms with Gasteiger partial charge in [-0.3, -0.25) is 0 Å². The summed E-state index contributed by atoms with van der Waals surface area (Å²) in [4.78, 5) is 0. The maximum Gasteiger partial charge on any atom is 0.123 e. The highest BCUT2D eigenvalue weighted by Gasteiger charge is 2.13. The summed E-state index contributed by atoms with van der Waals surface area (Å²) in [5, 5.41) is 0. The summed E-state index contributed by atoms with van der Waals surface area (Å²) in [5.74, 6) is 1.35. The monoisotopic (exact) mass is 251 g/mol. The maximum atomic E-state index is 6.01. The van der Waals surface area contributed by atoms with Gasteiger partial charge in [0.15, 0.2) is 0 Å². The summed E-state index contributed by atoms with van der Waals surface area (Å²) in [6.07, 6.45) is 1.03. The van der Waals surface area contributed by atoms with E-state index >= 15 is 0 Å². The molecule has 102 valence electrons. The standard InChI is InChI=1S/C15H25NO2/c1-10(2)13-9-14(16)11(3)8-15(13)18-12(4)6-7-17-5/h8-10,12H,6-7,16H2,1-5H3. The normalized spacial score (nSPS) is 12.8. The average molecular weight is 251 g/mol. The summed E-state index contributed by atoms with van der Waals surface area (Å²) < 4.78 is 11.1. The Hall–Kier alpha value is -1.22. The number of ether oxygens (including phenoxy) is 2. The number of hydrogen-bond donors (Lipinski definition) is 1. The van der Waals surface area contributed by atoms with Gasteiger partial charge in [-0.1, -0.05) is 13.8 Å². The van der Waals surface area contributed by atoms with E-state index in [2.05, 4.69) is 20.8 Å². The predicted octanol–water partition coefficient (Wildman–Crippen LogP) is 3.50. The van der Waals surface area contributed by atoms with Crippen LogP contribution in [-0.2, 0) is 4.74 Å². The number of methoxy groups -OCH3 is 1. The largest absolute Gasteiger partial charge is 0.490 e. The molecule has 0 aromatic heterocycles. The maximum absolute atomic E-state index is 6.01. The van der Waals surface area contributed by atoms with Gasteiger partial charge in [0.2, 0.25) is 0 Å².